The Balaban J connectivity index is 1.83. The van der Waals surface area contributed by atoms with Crippen LogP contribution in [0.25, 0.3) is 0 Å². The number of nitrogens with zero attached hydrogens (tertiary/aromatic N) is 1. The van der Waals surface area contributed by atoms with Gasteiger partial charge in [-0.2, -0.15) is 0 Å². The molecule has 0 aliphatic heterocycles. The van der Waals surface area contributed by atoms with Gasteiger partial charge >= 0.3 is 0 Å². The van der Waals surface area contributed by atoms with Gasteiger partial charge in [-0.1, -0.05) is 25.8 Å². The molecule has 1 aromatic carbocycles. The van der Waals surface area contributed by atoms with E-state index in [1.54, 1.807) is 31.2 Å². The first-order valence-corrected chi connectivity index (χ1v) is 9.35. The van der Waals surface area contributed by atoms with Crippen LogP contribution < -0.4 is 15.4 Å². The number of rotatable bonds is 7. The maximum atomic E-state index is 12.5. The highest BCUT2D eigenvalue weighted by atomic mass is 16.5. The van der Waals surface area contributed by atoms with E-state index in [4.69, 9.17) is 4.74 Å². The number of methoxy groups -OCH3 is 1. The Kier molecular flexibility index (Phi) is 7.45. The Morgan fingerprint density at radius 1 is 1.31 bits per heavy atom. The molecule has 1 saturated carbocycles. The van der Waals surface area contributed by atoms with Gasteiger partial charge in [-0.25, -0.2) is 0 Å². The molecule has 1 fully saturated rings. The fraction of sp³-hybridized carbons (Fsp3) is 0.600. The molecule has 0 radical (unpaired) electrons. The third-order valence-corrected chi connectivity index (χ3v) is 5.23. The van der Waals surface area contributed by atoms with Crippen molar-refractivity contribution in [2.24, 2.45) is 5.92 Å². The van der Waals surface area contributed by atoms with Gasteiger partial charge in [-0.15, -0.1) is 0 Å². The number of amides is 2. The van der Waals surface area contributed by atoms with Crippen molar-refractivity contribution in [2.75, 3.05) is 26.0 Å². The van der Waals surface area contributed by atoms with Crippen molar-refractivity contribution < 1.29 is 14.3 Å². The number of hydrogen-bond acceptors (Lipinski definition) is 4. The molecule has 0 bridgehead atoms. The van der Waals surface area contributed by atoms with Gasteiger partial charge in [0, 0.05) is 17.8 Å². The van der Waals surface area contributed by atoms with Crippen LogP contribution in [0, 0.1) is 5.92 Å². The molecule has 144 valence electrons. The van der Waals surface area contributed by atoms with Gasteiger partial charge in [-0.05, 0) is 44.9 Å². The lowest BCUT2D eigenvalue weighted by Gasteiger charge is -2.32. The number of ether oxygens (including phenoxy) is 1. The number of carbonyl (C=O) groups is 2. The lowest BCUT2D eigenvalue weighted by Crippen LogP contribution is -2.50. The molecule has 0 saturated heterocycles. The third-order valence-electron chi connectivity index (χ3n) is 5.23. The molecule has 2 rings (SSSR count). The molecule has 2 N–H and O–H groups in total. The second-order valence-corrected chi connectivity index (χ2v) is 7.25. The molecule has 26 heavy (non-hydrogen) atoms. The molecule has 0 aromatic heterocycles. The Hall–Kier alpha value is -2.08. The van der Waals surface area contributed by atoms with E-state index in [0.29, 0.717) is 17.4 Å². The zero-order valence-corrected chi connectivity index (χ0v) is 16.2. The van der Waals surface area contributed by atoms with Crippen molar-refractivity contribution in [3.8, 4) is 5.75 Å². The van der Waals surface area contributed by atoms with Crippen LogP contribution in [-0.2, 0) is 9.59 Å². The Labute approximate surface area is 156 Å². The minimum absolute atomic E-state index is 0.0135. The fourth-order valence-corrected chi connectivity index (χ4v) is 3.30. The van der Waals surface area contributed by atoms with Gasteiger partial charge in [-0.3, -0.25) is 14.5 Å². The minimum atomic E-state index is -0.361. The summed E-state index contributed by atoms with van der Waals surface area (Å²) in [6.07, 6.45) is 4.62. The van der Waals surface area contributed by atoms with Crippen molar-refractivity contribution >= 4 is 17.5 Å². The van der Waals surface area contributed by atoms with Crippen molar-refractivity contribution in [3.05, 3.63) is 24.3 Å². The lowest BCUT2D eigenvalue weighted by molar-refractivity contribution is -0.127. The number of likely N-dealkylation sites (N-methyl/N-ethyl adjacent to an activating group) is 1. The van der Waals surface area contributed by atoms with Crippen molar-refractivity contribution in [1.29, 1.82) is 0 Å². The first-order valence-electron chi connectivity index (χ1n) is 9.35. The van der Waals surface area contributed by atoms with E-state index < -0.39 is 0 Å². The number of nitrogens with one attached hydrogen (secondary N) is 2. The number of hydrogen-bond donors (Lipinski definition) is 2. The predicted molar refractivity (Wildman–Crippen MR) is 103 cm³/mol. The van der Waals surface area contributed by atoms with Gasteiger partial charge in [0.05, 0.1) is 19.7 Å². The van der Waals surface area contributed by atoms with Gasteiger partial charge in [0.2, 0.25) is 11.8 Å². The van der Waals surface area contributed by atoms with Crippen molar-refractivity contribution in [1.82, 2.24) is 10.2 Å². The summed E-state index contributed by atoms with van der Waals surface area (Å²) in [5.74, 6) is 1.03. The molecule has 0 spiro atoms. The third kappa shape index (κ3) is 5.73. The zero-order chi connectivity index (χ0) is 19.1. The normalized spacial score (nSPS) is 21.1. The summed E-state index contributed by atoms with van der Waals surface area (Å²) in [4.78, 5) is 26.5. The molecule has 1 aliphatic rings. The summed E-state index contributed by atoms with van der Waals surface area (Å²) in [7, 11) is 3.38. The SMILES string of the molecule is COc1cccc(NC(=O)CN(C)[C@H](C)C(=O)N[C@H]2CCCC[C@H]2C)c1. The van der Waals surface area contributed by atoms with E-state index in [1.807, 2.05) is 19.1 Å². The summed E-state index contributed by atoms with van der Waals surface area (Å²) >= 11 is 0. The molecule has 1 aromatic rings. The standard InChI is InChI=1S/C20H31N3O3/c1-14-8-5-6-11-18(14)22-20(25)15(2)23(3)13-19(24)21-16-9-7-10-17(12-16)26-4/h7,9-10,12,14-15,18H,5-6,8,11,13H2,1-4H3,(H,21,24)(H,22,25)/t14-,15-,18+/m1/s1. The Bertz CT molecular complexity index is 620. The molecule has 2 amide bonds. The zero-order valence-electron chi connectivity index (χ0n) is 16.2. The second kappa shape index (κ2) is 9.57. The molecule has 6 heteroatoms. The van der Waals surface area contributed by atoms with Crippen LogP contribution in [0.5, 0.6) is 5.75 Å². The average molecular weight is 361 g/mol. The number of anilines is 1. The monoisotopic (exact) mass is 361 g/mol. The summed E-state index contributed by atoms with van der Waals surface area (Å²) in [6.45, 7) is 4.17. The molecule has 0 heterocycles. The van der Waals surface area contributed by atoms with E-state index in [9.17, 15) is 9.59 Å². The van der Waals surface area contributed by atoms with E-state index in [2.05, 4.69) is 17.6 Å². The largest absolute Gasteiger partial charge is 0.497 e. The van der Waals surface area contributed by atoms with Crippen LogP contribution in [0.4, 0.5) is 5.69 Å². The smallest absolute Gasteiger partial charge is 0.238 e. The average Bonchev–Trinajstić information content (AvgIpc) is 2.62. The van der Waals surface area contributed by atoms with E-state index in [-0.39, 0.29) is 30.4 Å². The summed E-state index contributed by atoms with van der Waals surface area (Å²) in [5, 5.41) is 6.00. The number of carbonyl (C=O) groups excluding carboxylic acids is 2. The summed E-state index contributed by atoms with van der Waals surface area (Å²) in [5.41, 5.74) is 0.677. The molecule has 3 atom stereocenters. The van der Waals surface area contributed by atoms with Crippen molar-refractivity contribution in [3.63, 3.8) is 0 Å². The van der Waals surface area contributed by atoms with Crippen LogP contribution in [0.3, 0.4) is 0 Å². The van der Waals surface area contributed by atoms with Crippen LogP contribution in [0.1, 0.15) is 39.5 Å². The number of benzene rings is 1. The predicted octanol–water partition coefficient (Wildman–Crippen LogP) is 2.65. The quantitative estimate of drug-likeness (QED) is 0.783. The van der Waals surface area contributed by atoms with Crippen LogP contribution >= 0.6 is 0 Å². The lowest BCUT2D eigenvalue weighted by atomic mass is 9.86. The molecular formula is C20H31N3O3. The van der Waals surface area contributed by atoms with E-state index in [1.165, 1.54) is 12.8 Å². The van der Waals surface area contributed by atoms with Crippen molar-refractivity contribution in [2.45, 2.75) is 51.6 Å². The van der Waals surface area contributed by atoms with E-state index >= 15 is 0 Å². The first kappa shape index (κ1) is 20.2. The van der Waals surface area contributed by atoms with Crippen LogP contribution in [0.15, 0.2) is 24.3 Å². The Morgan fingerprint density at radius 3 is 2.73 bits per heavy atom. The molecule has 6 nitrogen and oxygen atoms in total. The van der Waals surface area contributed by atoms with Gasteiger partial charge in [0.15, 0.2) is 0 Å². The minimum Gasteiger partial charge on any atom is -0.497 e. The first-order chi connectivity index (χ1) is 12.4. The van der Waals surface area contributed by atoms with Gasteiger partial charge in [0.25, 0.3) is 0 Å². The fourth-order valence-electron chi connectivity index (χ4n) is 3.30. The van der Waals surface area contributed by atoms with Gasteiger partial charge < -0.3 is 15.4 Å². The highest BCUT2D eigenvalue weighted by molar-refractivity contribution is 5.93. The highest BCUT2D eigenvalue weighted by Crippen LogP contribution is 2.23. The summed E-state index contributed by atoms with van der Waals surface area (Å²) < 4.78 is 5.15. The van der Waals surface area contributed by atoms with Crippen LogP contribution in [-0.4, -0.2) is 49.5 Å². The second-order valence-electron chi connectivity index (χ2n) is 7.25. The van der Waals surface area contributed by atoms with E-state index in [0.717, 1.165) is 12.8 Å². The van der Waals surface area contributed by atoms with Gasteiger partial charge in [0.1, 0.15) is 5.75 Å². The Morgan fingerprint density at radius 2 is 2.04 bits per heavy atom. The maximum absolute atomic E-state index is 12.5. The summed E-state index contributed by atoms with van der Waals surface area (Å²) in [6, 6.07) is 7.09. The molecule has 1 aliphatic carbocycles. The van der Waals surface area contributed by atoms with Crippen LogP contribution in [0.2, 0.25) is 0 Å². The molecule has 0 unspecified atom stereocenters. The highest BCUT2D eigenvalue weighted by Gasteiger charge is 2.26. The topological polar surface area (TPSA) is 70.7 Å². The maximum Gasteiger partial charge on any atom is 0.238 e. The molecular weight excluding hydrogens is 330 g/mol.